The summed E-state index contributed by atoms with van der Waals surface area (Å²) in [4.78, 5) is 37.2. The van der Waals surface area contributed by atoms with Gasteiger partial charge in [-0.2, -0.15) is 0 Å². The maximum atomic E-state index is 12.7. The van der Waals surface area contributed by atoms with Crippen molar-refractivity contribution >= 4 is 33.7 Å². The Morgan fingerprint density at radius 1 is 1.36 bits per heavy atom. The molecule has 1 N–H and O–H groups in total. The molecule has 0 bridgehead atoms. The highest BCUT2D eigenvalue weighted by atomic mass is 79.9. The van der Waals surface area contributed by atoms with Crippen LogP contribution in [0.15, 0.2) is 41.4 Å². The molecule has 7 nitrogen and oxygen atoms in total. The molecular weight excluding hydrogens is 430 g/mol. The maximum absolute atomic E-state index is 12.7. The Kier molecular flexibility index (Phi) is 6.64. The first-order valence-corrected chi connectivity index (χ1v) is 9.79. The molecule has 5 atom stereocenters. The second-order valence-electron chi connectivity index (χ2n) is 6.76. The van der Waals surface area contributed by atoms with Crippen LogP contribution in [0.2, 0.25) is 0 Å². The van der Waals surface area contributed by atoms with Crippen LogP contribution in [0.4, 0.5) is 0 Å². The van der Waals surface area contributed by atoms with E-state index in [4.69, 9.17) is 14.2 Å². The number of esters is 2. The molecule has 0 saturated carbocycles. The van der Waals surface area contributed by atoms with E-state index < -0.39 is 42.1 Å². The number of allylic oxidation sites excluding steroid dienone is 1. The van der Waals surface area contributed by atoms with Crippen LogP contribution in [-0.2, 0) is 28.6 Å². The number of carbonyl (C=O) groups is 3. The van der Waals surface area contributed by atoms with Crippen molar-refractivity contribution in [1.29, 1.82) is 0 Å². The van der Waals surface area contributed by atoms with Crippen molar-refractivity contribution in [2.75, 3.05) is 13.7 Å². The molecule has 2 heterocycles. The van der Waals surface area contributed by atoms with Crippen LogP contribution >= 0.6 is 15.9 Å². The van der Waals surface area contributed by atoms with E-state index in [0.29, 0.717) is 6.42 Å². The van der Waals surface area contributed by atoms with Crippen molar-refractivity contribution in [3.8, 4) is 0 Å². The summed E-state index contributed by atoms with van der Waals surface area (Å²) in [6, 6.07) is 6.26. The number of hydrogen-bond donors (Lipinski definition) is 1. The first-order chi connectivity index (χ1) is 13.5. The lowest BCUT2D eigenvalue weighted by Gasteiger charge is -2.34. The van der Waals surface area contributed by atoms with Crippen LogP contribution < -0.4 is 5.32 Å². The number of ether oxygens (including phenoxy) is 3. The van der Waals surface area contributed by atoms with Gasteiger partial charge < -0.3 is 14.2 Å². The van der Waals surface area contributed by atoms with E-state index >= 15 is 0 Å². The van der Waals surface area contributed by atoms with Gasteiger partial charge in [-0.15, -0.1) is 6.58 Å². The van der Waals surface area contributed by atoms with Gasteiger partial charge in [0.1, 0.15) is 12.6 Å². The SMILES string of the molecule is C=CCCC(=O)O[C@H]1OCC(=O)[C@H]2[C@@H]1[C@@H](C(=O)OC)N[C@H]2c1ccc(Br)cc1. The van der Waals surface area contributed by atoms with Gasteiger partial charge >= 0.3 is 11.9 Å². The molecule has 2 aliphatic heterocycles. The Labute approximate surface area is 171 Å². The Hall–Kier alpha value is -2.03. The fourth-order valence-corrected chi connectivity index (χ4v) is 4.05. The van der Waals surface area contributed by atoms with Crippen molar-refractivity contribution in [2.24, 2.45) is 11.8 Å². The van der Waals surface area contributed by atoms with Gasteiger partial charge in [0.2, 0.25) is 6.29 Å². The summed E-state index contributed by atoms with van der Waals surface area (Å²) in [5.41, 5.74) is 0.858. The predicted octanol–water partition coefficient (Wildman–Crippen LogP) is 2.30. The summed E-state index contributed by atoms with van der Waals surface area (Å²) in [6.45, 7) is 3.40. The third-order valence-electron chi connectivity index (χ3n) is 5.08. The minimum Gasteiger partial charge on any atom is -0.468 e. The van der Waals surface area contributed by atoms with Crippen molar-refractivity contribution in [1.82, 2.24) is 5.32 Å². The summed E-state index contributed by atoms with van der Waals surface area (Å²) in [7, 11) is 1.28. The van der Waals surface area contributed by atoms with Crippen LogP contribution in [0.1, 0.15) is 24.4 Å². The Bertz CT molecular complexity index is 764. The minimum absolute atomic E-state index is 0.143. The normalized spacial score (nSPS) is 29.1. The van der Waals surface area contributed by atoms with E-state index in [1.54, 1.807) is 6.08 Å². The third kappa shape index (κ3) is 4.19. The Balaban J connectivity index is 1.90. The Morgan fingerprint density at radius 3 is 2.71 bits per heavy atom. The highest BCUT2D eigenvalue weighted by Gasteiger charge is 2.57. The van der Waals surface area contributed by atoms with Crippen molar-refractivity contribution < 1.29 is 28.6 Å². The van der Waals surface area contributed by atoms with Gasteiger partial charge in [-0.25, -0.2) is 0 Å². The fraction of sp³-hybridized carbons (Fsp3) is 0.450. The number of carbonyl (C=O) groups excluding carboxylic acids is 3. The summed E-state index contributed by atoms with van der Waals surface area (Å²) in [5, 5.41) is 3.20. The number of rotatable bonds is 6. The molecule has 150 valence electrons. The molecule has 28 heavy (non-hydrogen) atoms. The molecule has 0 spiro atoms. The number of nitrogens with one attached hydrogen (secondary N) is 1. The summed E-state index contributed by atoms with van der Waals surface area (Å²) < 4.78 is 16.8. The van der Waals surface area contributed by atoms with E-state index in [0.717, 1.165) is 10.0 Å². The average molecular weight is 452 g/mol. The third-order valence-corrected chi connectivity index (χ3v) is 5.61. The van der Waals surface area contributed by atoms with Crippen LogP contribution in [-0.4, -0.2) is 43.8 Å². The summed E-state index contributed by atoms with van der Waals surface area (Å²) in [5.74, 6) is -2.38. The zero-order valence-corrected chi connectivity index (χ0v) is 17.0. The van der Waals surface area contributed by atoms with E-state index in [-0.39, 0.29) is 18.8 Å². The molecule has 1 aromatic rings. The highest BCUT2D eigenvalue weighted by molar-refractivity contribution is 9.10. The number of fused-ring (bicyclic) bond motifs is 1. The zero-order valence-electron chi connectivity index (χ0n) is 15.4. The molecule has 0 aromatic heterocycles. The van der Waals surface area contributed by atoms with Crippen LogP contribution in [0.3, 0.4) is 0 Å². The Morgan fingerprint density at radius 2 is 2.07 bits per heavy atom. The predicted molar refractivity (Wildman–Crippen MR) is 103 cm³/mol. The smallest absolute Gasteiger partial charge is 0.323 e. The van der Waals surface area contributed by atoms with Gasteiger partial charge in [0.15, 0.2) is 5.78 Å². The van der Waals surface area contributed by atoms with Gasteiger partial charge in [-0.1, -0.05) is 34.1 Å². The molecule has 0 amide bonds. The summed E-state index contributed by atoms with van der Waals surface area (Å²) >= 11 is 3.39. The monoisotopic (exact) mass is 451 g/mol. The van der Waals surface area contributed by atoms with Gasteiger partial charge in [-0.05, 0) is 24.1 Å². The number of benzene rings is 1. The quantitative estimate of drug-likeness (QED) is 0.523. The summed E-state index contributed by atoms with van der Waals surface area (Å²) in [6.07, 6.45) is 1.24. The van der Waals surface area contributed by atoms with Gasteiger partial charge in [0, 0.05) is 16.9 Å². The maximum Gasteiger partial charge on any atom is 0.323 e. The molecule has 0 aliphatic carbocycles. The highest BCUT2D eigenvalue weighted by Crippen LogP contribution is 2.43. The van der Waals surface area contributed by atoms with E-state index in [1.165, 1.54) is 7.11 Å². The number of ketones is 1. The van der Waals surface area contributed by atoms with Crippen molar-refractivity contribution in [3.05, 3.63) is 47.0 Å². The van der Waals surface area contributed by atoms with E-state index in [9.17, 15) is 14.4 Å². The van der Waals surface area contributed by atoms with E-state index in [1.807, 2.05) is 24.3 Å². The van der Waals surface area contributed by atoms with Gasteiger partial charge in [0.05, 0.1) is 18.9 Å². The number of Topliss-reactive ketones (excluding diaryl/α,β-unsaturated/α-hetero) is 1. The first kappa shape index (κ1) is 20.7. The molecule has 2 aliphatic rings. The molecule has 2 saturated heterocycles. The van der Waals surface area contributed by atoms with Gasteiger partial charge in [-0.3, -0.25) is 19.7 Å². The number of methoxy groups -OCH3 is 1. The molecule has 3 rings (SSSR count). The molecule has 0 unspecified atom stereocenters. The topological polar surface area (TPSA) is 90.9 Å². The van der Waals surface area contributed by atoms with Crippen molar-refractivity contribution in [3.63, 3.8) is 0 Å². The van der Waals surface area contributed by atoms with Crippen molar-refractivity contribution in [2.45, 2.75) is 31.2 Å². The second kappa shape index (κ2) is 8.98. The zero-order chi connectivity index (χ0) is 20.3. The second-order valence-corrected chi connectivity index (χ2v) is 7.68. The molecule has 8 heteroatoms. The number of hydrogen-bond acceptors (Lipinski definition) is 7. The minimum atomic E-state index is -1.00. The fourth-order valence-electron chi connectivity index (χ4n) is 3.78. The number of halogens is 1. The van der Waals surface area contributed by atoms with Gasteiger partial charge in [0.25, 0.3) is 0 Å². The van der Waals surface area contributed by atoms with Crippen LogP contribution in [0.5, 0.6) is 0 Å². The molecule has 2 fully saturated rings. The standard InChI is InChI=1S/C20H22BrNO6/c1-3-4-5-14(24)28-20-16-15(13(23)10-27-20)17(22-18(16)19(25)26-2)11-6-8-12(21)9-7-11/h3,6-9,15-18,20,22H,1,4-5,10H2,2H3/t15-,16+,17-,18-,20+/m0/s1. The largest absolute Gasteiger partial charge is 0.468 e. The average Bonchev–Trinajstić information content (AvgIpc) is 3.10. The molecule has 1 aromatic carbocycles. The van der Waals surface area contributed by atoms with Crippen LogP contribution in [0.25, 0.3) is 0 Å². The van der Waals surface area contributed by atoms with Crippen LogP contribution in [0, 0.1) is 11.8 Å². The molecule has 0 radical (unpaired) electrons. The molecular formula is C20H22BrNO6. The lowest BCUT2D eigenvalue weighted by molar-refractivity contribution is -0.211. The lowest BCUT2D eigenvalue weighted by atomic mass is 9.79. The first-order valence-electron chi connectivity index (χ1n) is 9.00. The lowest BCUT2D eigenvalue weighted by Crippen LogP contribution is -2.49. The van der Waals surface area contributed by atoms with E-state index in [2.05, 4.69) is 27.8 Å².